The van der Waals surface area contributed by atoms with Crippen LogP contribution in [-0.4, -0.2) is 284 Å². The van der Waals surface area contributed by atoms with Crippen LogP contribution < -0.4 is 73.9 Å². The van der Waals surface area contributed by atoms with Gasteiger partial charge in [0.1, 0.15) is 49.4 Å². The van der Waals surface area contributed by atoms with Crippen LogP contribution in [0.15, 0.2) is 48.5 Å². The third-order valence-electron chi connectivity index (χ3n) is 26.7. The van der Waals surface area contributed by atoms with Crippen molar-refractivity contribution in [3.05, 3.63) is 65.2 Å². The maximum absolute atomic E-state index is 14.3. The first-order valence-electron chi connectivity index (χ1n) is 53.4. The second kappa shape index (κ2) is 69.4. The van der Waals surface area contributed by atoms with E-state index in [1.165, 1.54) is 66.7 Å². The number of benzene rings is 2. The van der Waals surface area contributed by atoms with Crippen LogP contribution in [0.5, 0.6) is 5.75 Å². The van der Waals surface area contributed by atoms with Crippen LogP contribution in [0.2, 0.25) is 0 Å². The average molecular weight is 2110 g/mol. The van der Waals surface area contributed by atoms with Crippen molar-refractivity contribution in [1.29, 1.82) is 0 Å². The number of unbranched alkanes of at least 4 members (excludes halogenated alkanes) is 7. The predicted molar refractivity (Wildman–Crippen MR) is 546 cm³/mol. The van der Waals surface area contributed by atoms with E-state index < -0.39 is 151 Å². The topological polar surface area (TPSA) is 567 Å². The Balaban J connectivity index is 1.09. The van der Waals surface area contributed by atoms with Crippen LogP contribution in [-0.2, 0) is 135 Å². The van der Waals surface area contributed by atoms with Gasteiger partial charge in [-0.15, -0.1) is 0 Å². The van der Waals surface area contributed by atoms with Crippen LogP contribution in [0, 0.1) is 29.6 Å². The Morgan fingerprint density at radius 3 is 0.993 bits per heavy atom. The molecule has 4 aliphatic rings. The Morgan fingerprint density at radius 1 is 0.322 bits per heavy atom. The zero-order valence-corrected chi connectivity index (χ0v) is 90.1. The highest BCUT2D eigenvalue weighted by molar-refractivity contribution is 6.00. The highest BCUT2D eigenvalue weighted by atomic mass is 16.7. The van der Waals surface area contributed by atoms with Crippen molar-refractivity contribution in [2.45, 2.75) is 388 Å². The Bertz CT molecular complexity index is 4510. The number of nitrogens with one attached hydrogen (secondary N) is 13. The molecular formula is C106H169N13O30. The van der Waals surface area contributed by atoms with Crippen LogP contribution in [0.25, 0.3) is 0 Å². The summed E-state index contributed by atoms with van der Waals surface area (Å²) in [7, 11) is 0. The number of carbonyl (C=O) groups is 17. The number of amides is 13. The molecule has 838 valence electrons. The maximum Gasteiger partial charge on any atom is 0.306 e. The highest BCUT2D eigenvalue weighted by Crippen LogP contribution is 2.37. The first-order valence-corrected chi connectivity index (χ1v) is 53.4. The first kappa shape index (κ1) is 127. The predicted octanol–water partition coefficient (Wildman–Crippen LogP) is 7.00. The van der Waals surface area contributed by atoms with E-state index in [0.717, 1.165) is 12.0 Å². The molecule has 4 fully saturated rings. The average Bonchev–Trinajstić information content (AvgIpc) is 0.785. The summed E-state index contributed by atoms with van der Waals surface area (Å²) in [6, 6.07) is 8.90. The minimum atomic E-state index is -1.08. The second-order valence-electron chi connectivity index (χ2n) is 38.9. The molecule has 0 spiro atoms. The number of esters is 4. The van der Waals surface area contributed by atoms with E-state index in [4.69, 9.17) is 61.6 Å². The van der Waals surface area contributed by atoms with Crippen molar-refractivity contribution in [3.8, 4) is 5.75 Å². The molecule has 0 aromatic heterocycles. The molecule has 4 heterocycles. The third kappa shape index (κ3) is 47.1. The Labute approximate surface area is 876 Å². The molecule has 4 aliphatic heterocycles. The molecule has 0 bridgehead atoms. The lowest BCUT2D eigenvalue weighted by Crippen LogP contribution is -2.61. The lowest BCUT2D eigenvalue weighted by Gasteiger charge is -2.44. The third-order valence-corrected chi connectivity index (χ3v) is 26.7. The second-order valence-corrected chi connectivity index (χ2v) is 38.9. The van der Waals surface area contributed by atoms with E-state index >= 15 is 0 Å². The van der Waals surface area contributed by atoms with Gasteiger partial charge in [0, 0.05) is 182 Å². The monoisotopic (exact) mass is 2100 g/mol. The van der Waals surface area contributed by atoms with Gasteiger partial charge in [-0.25, -0.2) is 0 Å². The standard InChI is InChI=1S/C106H169N13O30/c1-17-82-64(5)65(6)92(114-69(10)120)103(146-82)138-57-36-30-45-89(130)118-80(40-26-32-48-107-86(127)43-28-34-55-139-104-93(115-70(11)121)66(7)96(143-73(14)124)83(18-2)147-104)101(135)112-52-50-110-99(133)77-60-78(62-79(61-77)137-59-54-109-88(129)42-24-25-47-91(132)142-63-76-38-22-21-23-39-76)100(134)111-51-53-113-102(136)81(119-90(131)46-31-37-58-141-106-95(117-72(13)123)68(9)98(145-75(16)126)85(20-4)149-106)41-27-33-49-108-87(128)44-29-35-56-140-105-94(116-71(12)122)67(8)97(144-74(15)125)84(19-3)148-105/h21-23,38-39,60-62,64-68,80-85,92-98,103-106H,17-20,24-37,40-59,63H2,1-16H3,(H,107,127)(H,108,128)(H,109,129)(H,110,133)(H,111,134)(H,112,135)(H,113,136)(H,114,120)(H,115,121)(H,116,122)(H,117,123)(H,118,130)(H,119,131)/t64?,65?,66?,67?,68?,80-,81-,82?,83?,84?,85?,92?,93?,94?,95?,96?,97?,98?,103?,104?,105?,106?/m0/s1. The van der Waals surface area contributed by atoms with Crippen molar-refractivity contribution in [1.82, 2.24) is 69.1 Å². The number of hydrogen-bond donors (Lipinski definition) is 13. The molecule has 43 heteroatoms. The molecule has 22 atom stereocenters. The van der Waals surface area contributed by atoms with E-state index in [-0.39, 0.29) is 237 Å². The fourth-order valence-corrected chi connectivity index (χ4v) is 18.5. The summed E-state index contributed by atoms with van der Waals surface area (Å²) in [5.74, 6) is -7.95. The maximum atomic E-state index is 14.3. The van der Waals surface area contributed by atoms with Crippen LogP contribution in [0.1, 0.15) is 304 Å². The Hall–Kier alpha value is -11.1. The molecule has 13 amide bonds. The Kier molecular flexibility index (Phi) is 58.9. The number of rotatable bonds is 68. The van der Waals surface area contributed by atoms with Crippen molar-refractivity contribution >= 4 is 101 Å². The van der Waals surface area contributed by atoms with Crippen molar-refractivity contribution in [2.24, 2.45) is 29.6 Å². The van der Waals surface area contributed by atoms with Gasteiger partial charge in [-0.1, -0.05) is 92.6 Å². The van der Waals surface area contributed by atoms with E-state index in [0.29, 0.717) is 109 Å². The molecule has 0 radical (unpaired) electrons. The van der Waals surface area contributed by atoms with Crippen molar-refractivity contribution in [3.63, 3.8) is 0 Å². The quantitative estimate of drug-likeness (QED) is 0.0180. The molecule has 2 aromatic carbocycles. The van der Waals surface area contributed by atoms with Crippen LogP contribution >= 0.6 is 0 Å². The molecule has 20 unspecified atom stereocenters. The SMILES string of the molecule is CCC1OC(OCCCCC(=O)N[C@@H](CCCCNC(=O)CCCCOC2OC(CC)C(OC(C)=O)C(C)C2NC(C)=O)C(=O)NCCNC(=O)c2cc(OCCNC(=O)CCCCC(=O)OCc3ccccc3)cc(C(=O)NCCNC(=O)[C@H](CCCCNC(=O)CCCCOC3OC(CC)C(OC(C)=O)C(C)C3NC(C)=O)NC(=O)CCCCOC3OC(CC)C(OC(C)=O)C(C)C3NC(C)=O)c2)C(NC(C)=O)C(C)C1C. The van der Waals surface area contributed by atoms with E-state index in [9.17, 15) is 81.5 Å². The fraction of sp³-hybridized carbons (Fsp3) is 0.726. The number of hydrogen-bond acceptors (Lipinski definition) is 30. The molecule has 13 N–H and O–H groups in total. The molecule has 43 nitrogen and oxygen atoms in total. The Morgan fingerprint density at radius 2 is 0.644 bits per heavy atom. The van der Waals surface area contributed by atoms with Crippen molar-refractivity contribution < 1.29 is 143 Å². The number of carbonyl (C=O) groups excluding carboxylic acids is 17. The van der Waals surface area contributed by atoms with Gasteiger partial charge in [-0.2, -0.15) is 0 Å². The smallest absolute Gasteiger partial charge is 0.306 e. The summed E-state index contributed by atoms with van der Waals surface area (Å²) < 4.78 is 77.8. The minimum absolute atomic E-state index is 0.000140. The largest absolute Gasteiger partial charge is 0.492 e. The fourth-order valence-electron chi connectivity index (χ4n) is 18.5. The summed E-state index contributed by atoms with van der Waals surface area (Å²) in [6.07, 6.45) is 2.22. The van der Waals surface area contributed by atoms with Gasteiger partial charge >= 0.3 is 23.9 Å². The lowest BCUT2D eigenvalue weighted by molar-refractivity contribution is -0.256. The van der Waals surface area contributed by atoms with E-state index in [1.54, 1.807) is 0 Å². The molecule has 0 aliphatic carbocycles. The van der Waals surface area contributed by atoms with Crippen LogP contribution in [0.3, 0.4) is 0 Å². The summed E-state index contributed by atoms with van der Waals surface area (Å²) in [5, 5.41) is 37.1. The lowest BCUT2D eigenvalue weighted by atomic mass is 9.81. The molecule has 2 aromatic rings. The van der Waals surface area contributed by atoms with Gasteiger partial charge in [0.05, 0.1) is 55.1 Å². The minimum Gasteiger partial charge on any atom is -0.492 e. The summed E-state index contributed by atoms with van der Waals surface area (Å²) >= 11 is 0. The van der Waals surface area contributed by atoms with Gasteiger partial charge in [-0.3, -0.25) is 81.5 Å². The summed E-state index contributed by atoms with van der Waals surface area (Å²) in [6.45, 7) is 27.5. The molecule has 6 rings (SSSR count). The normalized spacial score (nSPS) is 23.8. The van der Waals surface area contributed by atoms with Gasteiger partial charge in [0.15, 0.2) is 25.2 Å². The zero-order valence-electron chi connectivity index (χ0n) is 90.1. The summed E-state index contributed by atoms with van der Waals surface area (Å²) in [5.41, 5.74) is 0.736. The zero-order chi connectivity index (χ0) is 109. The molecule has 149 heavy (non-hydrogen) atoms. The molecule has 0 saturated carbocycles. The van der Waals surface area contributed by atoms with Gasteiger partial charge in [0.25, 0.3) is 11.8 Å². The summed E-state index contributed by atoms with van der Waals surface area (Å²) in [4.78, 5) is 221. The molecular weight excluding hydrogens is 1940 g/mol. The number of ether oxygens (including phenoxy) is 13. The van der Waals surface area contributed by atoms with Crippen LogP contribution in [0.4, 0.5) is 0 Å². The molecule has 4 saturated heterocycles. The van der Waals surface area contributed by atoms with Gasteiger partial charge < -0.3 is 131 Å². The first-order chi connectivity index (χ1) is 71.2. The van der Waals surface area contributed by atoms with E-state index in [2.05, 4.69) is 83.0 Å². The van der Waals surface area contributed by atoms with E-state index in [1.807, 2.05) is 78.8 Å². The van der Waals surface area contributed by atoms with Gasteiger partial charge in [0.2, 0.25) is 65.0 Å². The van der Waals surface area contributed by atoms with Gasteiger partial charge in [-0.05, 0) is 164 Å². The van der Waals surface area contributed by atoms with Crippen molar-refractivity contribution in [2.75, 3.05) is 78.8 Å². The highest BCUT2D eigenvalue weighted by Gasteiger charge is 2.50.